The van der Waals surface area contributed by atoms with Crippen molar-refractivity contribution in [1.29, 1.82) is 0 Å². The number of amides is 1. The van der Waals surface area contributed by atoms with Crippen molar-refractivity contribution in [3.8, 4) is 11.3 Å². The molecule has 0 aliphatic rings. The third kappa shape index (κ3) is 5.64. The van der Waals surface area contributed by atoms with Crippen LogP contribution in [0.2, 0.25) is 5.02 Å². The third-order valence-electron chi connectivity index (χ3n) is 5.20. The summed E-state index contributed by atoms with van der Waals surface area (Å²) in [5.41, 5.74) is 2.92. The van der Waals surface area contributed by atoms with Gasteiger partial charge in [0.1, 0.15) is 5.82 Å². The molecule has 0 unspecified atom stereocenters. The number of rotatable bonds is 8. The highest BCUT2D eigenvalue weighted by Gasteiger charge is 2.19. The number of carbonyl (C=O) groups is 1. The fourth-order valence-corrected chi connectivity index (χ4v) is 3.80. The van der Waals surface area contributed by atoms with Crippen LogP contribution in [0.4, 0.5) is 0 Å². The summed E-state index contributed by atoms with van der Waals surface area (Å²) in [5.74, 6) is 0.584. The summed E-state index contributed by atoms with van der Waals surface area (Å²) >= 11 is 6.06. The summed E-state index contributed by atoms with van der Waals surface area (Å²) in [6.45, 7) is 6.47. The van der Waals surface area contributed by atoms with Crippen LogP contribution < -0.4 is 10.9 Å². The van der Waals surface area contributed by atoms with Crippen LogP contribution in [0.5, 0.6) is 0 Å². The number of hydrogen-bond donors (Lipinski definition) is 2. The van der Waals surface area contributed by atoms with Crippen molar-refractivity contribution >= 4 is 17.5 Å². The van der Waals surface area contributed by atoms with Gasteiger partial charge in [0.2, 0.25) is 5.91 Å². The molecule has 0 atom stereocenters. The molecule has 32 heavy (non-hydrogen) atoms. The molecule has 0 saturated carbocycles. The largest absolute Gasteiger partial charge is 0.392 e. The van der Waals surface area contributed by atoms with Gasteiger partial charge < -0.3 is 10.4 Å². The Morgan fingerprint density at radius 3 is 2.53 bits per heavy atom. The van der Waals surface area contributed by atoms with Crippen molar-refractivity contribution < 1.29 is 9.90 Å². The van der Waals surface area contributed by atoms with E-state index in [0.717, 1.165) is 11.1 Å². The summed E-state index contributed by atoms with van der Waals surface area (Å²) in [5, 5.41) is 12.9. The second-order valence-corrected chi connectivity index (χ2v) is 8.62. The average Bonchev–Trinajstić information content (AvgIpc) is 2.77. The number of nitrogens with one attached hydrogen (secondary N) is 1. The summed E-state index contributed by atoms with van der Waals surface area (Å²) in [6.07, 6.45) is -0.0938. The molecular formula is C25H28ClN3O3. The molecule has 2 aromatic carbocycles. The van der Waals surface area contributed by atoms with Crippen molar-refractivity contribution in [3.05, 3.63) is 86.4 Å². The summed E-state index contributed by atoms with van der Waals surface area (Å²) in [6, 6.07) is 14.6. The maximum Gasteiger partial charge on any atom is 0.257 e. The quantitative estimate of drug-likeness (QED) is 0.542. The van der Waals surface area contributed by atoms with Crippen LogP contribution in [0.3, 0.4) is 0 Å². The number of nitrogens with zero attached hydrogens (tertiary/aromatic N) is 2. The van der Waals surface area contributed by atoms with E-state index in [-0.39, 0.29) is 37.0 Å². The molecule has 6 nitrogen and oxygen atoms in total. The highest BCUT2D eigenvalue weighted by atomic mass is 35.5. The minimum atomic E-state index is -0.301. The fraction of sp³-hybridized carbons (Fsp3) is 0.320. The Labute approximate surface area is 192 Å². The van der Waals surface area contributed by atoms with Gasteiger partial charge in [-0.1, -0.05) is 61.8 Å². The van der Waals surface area contributed by atoms with Gasteiger partial charge in [-0.3, -0.25) is 14.2 Å². The lowest BCUT2D eigenvalue weighted by atomic mass is 10.0. The van der Waals surface area contributed by atoms with E-state index in [2.05, 4.69) is 5.32 Å². The van der Waals surface area contributed by atoms with Gasteiger partial charge in [0.15, 0.2) is 0 Å². The van der Waals surface area contributed by atoms with Crippen LogP contribution >= 0.6 is 11.6 Å². The first-order chi connectivity index (χ1) is 15.3. The molecule has 7 heteroatoms. The van der Waals surface area contributed by atoms with Crippen molar-refractivity contribution in [1.82, 2.24) is 14.9 Å². The third-order valence-corrected chi connectivity index (χ3v) is 5.44. The van der Waals surface area contributed by atoms with Gasteiger partial charge in [-0.15, -0.1) is 0 Å². The molecule has 0 fully saturated rings. The van der Waals surface area contributed by atoms with Crippen LogP contribution in [0, 0.1) is 12.8 Å². The highest BCUT2D eigenvalue weighted by Crippen LogP contribution is 2.21. The first kappa shape index (κ1) is 23.7. The van der Waals surface area contributed by atoms with Gasteiger partial charge in [-0.25, -0.2) is 4.98 Å². The topological polar surface area (TPSA) is 84.2 Å². The Morgan fingerprint density at radius 1 is 1.16 bits per heavy atom. The Hall–Kier alpha value is -2.96. The number of hydrogen-bond acceptors (Lipinski definition) is 4. The van der Waals surface area contributed by atoms with Gasteiger partial charge in [0, 0.05) is 23.7 Å². The zero-order chi connectivity index (χ0) is 23.3. The Kier molecular flexibility index (Phi) is 7.83. The molecule has 0 saturated heterocycles. The lowest BCUT2D eigenvalue weighted by molar-refractivity contribution is -0.120. The van der Waals surface area contributed by atoms with Crippen molar-refractivity contribution in [2.45, 2.75) is 46.9 Å². The fourth-order valence-electron chi connectivity index (χ4n) is 3.61. The van der Waals surface area contributed by atoms with Crippen LogP contribution in [0.1, 0.15) is 36.4 Å². The number of aromatic nitrogens is 2. The smallest absolute Gasteiger partial charge is 0.257 e. The van der Waals surface area contributed by atoms with E-state index in [1.165, 1.54) is 0 Å². The SMILES string of the molecule is Cc1nc(-c2ccccc2)c(CC(=O)NCc2cc(Cl)ccc2CO)c(=O)n1CC(C)C. The number of aliphatic hydroxyl groups is 1. The van der Waals surface area contributed by atoms with Gasteiger partial charge >= 0.3 is 0 Å². The minimum Gasteiger partial charge on any atom is -0.392 e. The van der Waals surface area contributed by atoms with Crippen LogP contribution in [-0.4, -0.2) is 20.6 Å². The second-order valence-electron chi connectivity index (χ2n) is 8.19. The van der Waals surface area contributed by atoms with Crippen molar-refractivity contribution in [3.63, 3.8) is 0 Å². The molecule has 1 aromatic heterocycles. The zero-order valence-corrected chi connectivity index (χ0v) is 19.3. The number of halogens is 1. The van der Waals surface area contributed by atoms with Crippen LogP contribution in [0.25, 0.3) is 11.3 Å². The van der Waals surface area contributed by atoms with Crippen molar-refractivity contribution in [2.75, 3.05) is 0 Å². The number of aliphatic hydroxyl groups excluding tert-OH is 1. The molecule has 168 valence electrons. The molecule has 0 bridgehead atoms. The van der Waals surface area contributed by atoms with E-state index in [1.54, 1.807) is 22.8 Å². The normalized spacial score (nSPS) is 11.1. The van der Waals surface area contributed by atoms with E-state index in [0.29, 0.717) is 34.2 Å². The minimum absolute atomic E-state index is 0.0938. The Bertz CT molecular complexity index is 1160. The average molecular weight is 454 g/mol. The molecule has 1 heterocycles. The molecule has 0 aliphatic heterocycles. The van der Waals surface area contributed by atoms with Gasteiger partial charge in [-0.2, -0.15) is 0 Å². The maximum atomic E-state index is 13.4. The van der Waals surface area contributed by atoms with E-state index >= 15 is 0 Å². The Balaban J connectivity index is 1.92. The molecule has 1 amide bonds. The van der Waals surface area contributed by atoms with Gasteiger partial charge in [-0.05, 0) is 36.1 Å². The summed E-state index contributed by atoms with van der Waals surface area (Å²) < 4.78 is 1.64. The van der Waals surface area contributed by atoms with Crippen LogP contribution in [-0.2, 0) is 30.9 Å². The Morgan fingerprint density at radius 2 is 1.88 bits per heavy atom. The predicted octanol–water partition coefficient (Wildman–Crippen LogP) is 3.88. The highest BCUT2D eigenvalue weighted by molar-refractivity contribution is 6.30. The number of benzene rings is 2. The standard InChI is InChI=1S/C25H28ClN3O3/c1-16(2)14-29-17(3)28-24(18-7-5-4-6-8-18)22(25(29)32)12-23(31)27-13-20-11-21(26)10-9-19(20)15-30/h4-11,16,30H,12-15H2,1-3H3,(H,27,31). The molecule has 0 radical (unpaired) electrons. The molecule has 3 rings (SSSR count). The van der Waals surface area contributed by atoms with E-state index in [1.807, 2.05) is 51.1 Å². The lowest BCUT2D eigenvalue weighted by Crippen LogP contribution is -2.33. The first-order valence-electron chi connectivity index (χ1n) is 10.6. The molecule has 0 spiro atoms. The van der Waals surface area contributed by atoms with E-state index in [4.69, 9.17) is 16.6 Å². The monoisotopic (exact) mass is 453 g/mol. The van der Waals surface area contributed by atoms with Crippen molar-refractivity contribution in [2.24, 2.45) is 5.92 Å². The molecule has 2 N–H and O–H groups in total. The maximum absolute atomic E-state index is 13.4. The van der Waals surface area contributed by atoms with E-state index in [9.17, 15) is 14.7 Å². The number of carbonyl (C=O) groups excluding carboxylic acids is 1. The lowest BCUT2D eigenvalue weighted by Gasteiger charge is -2.17. The van der Waals surface area contributed by atoms with E-state index < -0.39 is 0 Å². The van der Waals surface area contributed by atoms with Gasteiger partial charge in [0.05, 0.1) is 24.3 Å². The predicted molar refractivity (Wildman–Crippen MR) is 126 cm³/mol. The second kappa shape index (κ2) is 10.6. The van der Waals surface area contributed by atoms with Gasteiger partial charge in [0.25, 0.3) is 5.56 Å². The summed E-state index contributed by atoms with van der Waals surface area (Å²) in [7, 11) is 0. The zero-order valence-electron chi connectivity index (χ0n) is 18.6. The number of aryl methyl sites for hydroxylation is 1. The molecule has 3 aromatic rings. The summed E-state index contributed by atoms with van der Waals surface area (Å²) in [4.78, 5) is 30.9. The first-order valence-corrected chi connectivity index (χ1v) is 11.0. The molecular weight excluding hydrogens is 426 g/mol. The van der Waals surface area contributed by atoms with Crippen LogP contribution in [0.15, 0.2) is 53.3 Å². The molecule has 0 aliphatic carbocycles.